The number of anilines is 1. The number of carbonyl (C=O) groups is 1. The zero-order valence-electron chi connectivity index (χ0n) is 17.4. The van der Waals surface area contributed by atoms with Crippen molar-refractivity contribution in [1.82, 2.24) is 10.2 Å². The minimum atomic E-state index is -0.0140. The molecule has 0 radical (unpaired) electrons. The molecule has 3 atom stereocenters. The highest BCUT2D eigenvalue weighted by molar-refractivity contribution is 5.94. The van der Waals surface area contributed by atoms with Crippen LogP contribution in [0.25, 0.3) is 0 Å². The van der Waals surface area contributed by atoms with Crippen LogP contribution >= 0.6 is 0 Å². The van der Waals surface area contributed by atoms with E-state index in [0.29, 0.717) is 5.56 Å². The molecule has 1 heterocycles. The molecule has 1 aliphatic carbocycles. The number of nitrogens with zero attached hydrogens (tertiary/aromatic N) is 1. The molecule has 1 amide bonds. The van der Waals surface area contributed by atoms with Gasteiger partial charge in [0.1, 0.15) is 0 Å². The van der Waals surface area contributed by atoms with Crippen LogP contribution in [0.1, 0.15) is 59.8 Å². The van der Waals surface area contributed by atoms with Crippen LogP contribution in [0.2, 0.25) is 0 Å². The molecule has 154 valence electrons. The average molecular weight is 394 g/mol. The fourth-order valence-corrected chi connectivity index (χ4v) is 4.66. The summed E-state index contributed by atoms with van der Waals surface area (Å²) in [4.78, 5) is 15.2. The number of carbonyl (C=O) groups excluding carboxylic acids is 1. The normalized spacial score (nSPS) is 24.7. The second kappa shape index (κ2) is 8.56. The van der Waals surface area contributed by atoms with Gasteiger partial charge in [-0.05, 0) is 74.1 Å². The Morgan fingerprint density at radius 1 is 1.14 bits per heavy atom. The third kappa shape index (κ3) is 4.80. The van der Waals surface area contributed by atoms with Gasteiger partial charge in [0.15, 0.2) is 0 Å². The number of aryl methyl sites for hydroxylation is 1. The SMILES string of the molecule is CC1CN(Cc2ccc(C(=O)NC3CCCc4cc(N)ccc43)cc2)CC(C)O1. The number of nitrogen functional groups attached to an aromatic ring is 1. The predicted molar refractivity (Wildman–Crippen MR) is 116 cm³/mol. The molecule has 0 saturated carbocycles. The zero-order chi connectivity index (χ0) is 20.4. The molecule has 29 heavy (non-hydrogen) atoms. The van der Waals surface area contributed by atoms with Crippen LogP contribution in [0, 0.1) is 0 Å². The second-order valence-electron chi connectivity index (χ2n) is 8.52. The monoisotopic (exact) mass is 393 g/mol. The van der Waals surface area contributed by atoms with E-state index in [2.05, 4.69) is 42.3 Å². The number of nitrogens with two attached hydrogens (primary N) is 1. The molecule has 4 rings (SSSR count). The lowest BCUT2D eigenvalue weighted by Gasteiger charge is -2.35. The standard InChI is InChI=1S/C24H31N3O2/c1-16-13-27(14-17(2)29-16)15-18-6-8-19(9-7-18)24(28)26-23-5-3-4-20-12-21(25)10-11-22(20)23/h6-12,16-17,23H,3-5,13-15,25H2,1-2H3,(H,26,28). The Morgan fingerprint density at radius 3 is 2.59 bits per heavy atom. The average Bonchev–Trinajstić information content (AvgIpc) is 2.67. The van der Waals surface area contributed by atoms with Crippen molar-refractivity contribution in [2.75, 3.05) is 18.8 Å². The second-order valence-corrected chi connectivity index (χ2v) is 8.52. The summed E-state index contributed by atoms with van der Waals surface area (Å²) in [5, 5.41) is 3.22. The first kappa shape index (κ1) is 19.9. The van der Waals surface area contributed by atoms with E-state index >= 15 is 0 Å². The molecule has 1 aliphatic heterocycles. The van der Waals surface area contributed by atoms with E-state index in [1.807, 2.05) is 24.3 Å². The molecule has 3 unspecified atom stereocenters. The van der Waals surface area contributed by atoms with E-state index < -0.39 is 0 Å². The van der Waals surface area contributed by atoms with Crippen molar-refractivity contribution >= 4 is 11.6 Å². The predicted octanol–water partition coefficient (Wildman–Crippen LogP) is 3.69. The lowest BCUT2D eigenvalue weighted by molar-refractivity contribution is -0.0704. The lowest BCUT2D eigenvalue weighted by Crippen LogP contribution is -2.44. The summed E-state index contributed by atoms with van der Waals surface area (Å²) in [5.41, 5.74) is 11.1. The molecule has 0 spiro atoms. The summed E-state index contributed by atoms with van der Waals surface area (Å²) < 4.78 is 5.81. The Kier molecular flexibility index (Phi) is 5.88. The van der Waals surface area contributed by atoms with Crippen LogP contribution in [0.5, 0.6) is 0 Å². The van der Waals surface area contributed by atoms with E-state index in [4.69, 9.17) is 10.5 Å². The number of nitrogens with one attached hydrogen (secondary N) is 1. The highest BCUT2D eigenvalue weighted by Crippen LogP contribution is 2.31. The van der Waals surface area contributed by atoms with E-state index in [-0.39, 0.29) is 24.2 Å². The van der Waals surface area contributed by atoms with Crippen LogP contribution in [0.15, 0.2) is 42.5 Å². The molecule has 2 aromatic carbocycles. The lowest BCUT2D eigenvalue weighted by atomic mass is 9.87. The van der Waals surface area contributed by atoms with E-state index in [1.165, 1.54) is 16.7 Å². The third-order valence-corrected chi connectivity index (χ3v) is 5.90. The summed E-state index contributed by atoms with van der Waals surface area (Å²) >= 11 is 0. The zero-order valence-corrected chi connectivity index (χ0v) is 17.4. The summed E-state index contributed by atoms with van der Waals surface area (Å²) in [5.74, 6) is -0.0140. The van der Waals surface area contributed by atoms with Crippen molar-refractivity contribution in [3.63, 3.8) is 0 Å². The Hall–Kier alpha value is -2.37. The van der Waals surface area contributed by atoms with Crippen molar-refractivity contribution in [3.05, 3.63) is 64.7 Å². The van der Waals surface area contributed by atoms with Gasteiger partial charge < -0.3 is 15.8 Å². The molecule has 5 nitrogen and oxygen atoms in total. The Balaban J connectivity index is 1.39. The Morgan fingerprint density at radius 2 is 1.86 bits per heavy atom. The van der Waals surface area contributed by atoms with Crippen LogP contribution in [0.3, 0.4) is 0 Å². The maximum absolute atomic E-state index is 12.8. The van der Waals surface area contributed by atoms with E-state index in [9.17, 15) is 4.79 Å². The molecular formula is C24H31N3O2. The first-order valence-corrected chi connectivity index (χ1v) is 10.6. The molecular weight excluding hydrogens is 362 g/mol. The molecule has 5 heteroatoms. The van der Waals surface area contributed by atoms with Gasteiger partial charge in [-0.25, -0.2) is 0 Å². The van der Waals surface area contributed by atoms with Gasteiger partial charge in [-0.3, -0.25) is 9.69 Å². The van der Waals surface area contributed by atoms with Crippen LogP contribution in [-0.4, -0.2) is 36.1 Å². The van der Waals surface area contributed by atoms with Gasteiger partial charge in [-0.15, -0.1) is 0 Å². The fourth-order valence-electron chi connectivity index (χ4n) is 4.66. The molecule has 0 bridgehead atoms. The first-order chi connectivity index (χ1) is 14.0. The van der Waals surface area contributed by atoms with Crippen molar-refractivity contribution in [1.29, 1.82) is 0 Å². The minimum Gasteiger partial charge on any atom is -0.399 e. The van der Waals surface area contributed by atoms with Gasteiger partial charge >= 0.3 is 0 Å². The van der Waals surface area contributed by atoms with E-state index in [0.717, 1.165) is 44.6 Å². The number of hydrogen-bond donors (Lipinski definition) is 2. The highest BCUT2D eigenvalue weighted by atomic mass is 16.5. The molecule has 2 aliphatic rings. The maximum atomic E-state index is 12.8. The molecule has 0 aromatic heterocycles. The fraction of sp³-hybridized carbons (Fsp3) is 0.458. The maximum Gasteiger partial charge on any atom is 0.251 e. The van der Waals surface area contributed by atoms with Crippen molar-refractivity contribution in [2.24, 2.45) is 0 Å². The van der Waals surface area contributed by atoms with Gasteiger partial charge in [-0.2, -0.15) is 0 Å². The van der Waals surface area contributed by atoms with Crippen molar-refractivity contribution < 1.29 is 9.53 Å². The van der Waals surface area contributed by atoms with Gasteiger partial charge in [0.2, 0.25) is 0 Å². The first-order valence-electron chi connectivity index (χ1n) is 10.6. The number of benzene rings is 2. The Labute approximate surface area is 173 Å². The minimum absolute atomic E-state index is 0.0140. The Bertz CT molecular complexity index is 855. The van der Waals surface area contributed by atoms with E-state index in [1.54, 1.807) is 0 Å². The molecule has 1 saturated heterocycles. The summed E-state index contributed by atoms with van der Waals surface area (Å²) in [6.45, 7) is 7.01. The van der Waals surface area contributed by atoms with Gasteiger partial charge in [0.05, 0.1) is 18.2 Å². The number of hydrogen-bond acceptors (Lipinski definition) is 4. The largest absolute Gasteiger partial charge is 0.399 e. The topological polar surface area (TPSA) is 67.6 Å². The van der Waals surface area contributed by atoms with Gasteiger partial charge in [-0.1, -0.05) is 18.2 Å². The number of fused-ring (bicyclic) bond motifs is 1. The third-order valence-electron chi connectivity index (χ3n) is 5.90. The number of amides is 1. The molecule has 2 aromatic rings. The smallest absolute Gasteiger partial charge is 0.251 e. The molecule has 3 N–H and O–H groups in total. The molecule has 1 fully saturated rings. The van der Waals surface area contributed by atoms with Gasteiger partial charge in [0, 0.05) is 30.9 Å². The summed E-state index contributed by atoms with van der Waals surface area (Å²) in [6, 6.07) is 14.1. The number of morpholine rings is 1. The van der Waals surface area contributed by atoms with Crippen LogP contribution in [0.4, 0.5) is 5.69 Å². The van der Waals surface area contributed by atoms with Crippen molar-refractivity contribution in [3.8, 4) is 0 Å². The van der Waals surface area contributed by atoms with Crippen molar-refractivity contribution in [2.45, 2.75) is 57.9 Å². The summed E-state index contributed by atoms with van der Waals surface area (Å²) in [6.07, 6.45) is 3.58. The van der Waals surface area contributed by atoms with Crippen LogP contribution < -0.4 is 11.1 Å². The summed E-state index contributed by atoms with van der Waals surface area (Å²) in [7, 11) is 0. The highest BCUT2D eigenvalue weighted by Gasteiger charge is 2.23. The van der Waals surface area contributed by atoms with Gasteiger partial charge in [0.25, 0.3) is 5.91 Å². The number of rotatable bonds is 4. The quantitative estimate of drug-likeness (QED) is 0.778. The van der Waals surface area contributed by atoms with Crippen LogP contribution in [-0.2, 0) is 17.7 Å². The number of ether oxygens (including phenoxy) is 1.